The summed E-state index contributed by atoms with van der Waals surface area (Å²) in [6.07, 6.45) is 0.164. The van der Waals surface area contributed by atoms with Gasteiger partial charge in [0.1, 0.15) is 5.82 Å². The van der Waals surface area contributed by atoms with E-state index in [4.69, 9.17) is 5.73 Å². The fourth-order valence-corrected chi connectivity index (χ4v) is 2.73. The van der Waals surface area contributed by atoms with Crippen LogP contribution in [0.1, 0.15) is 43.0 Å². The fourth-order valence-electron chi connectivity index (χ4n) is 2.73. The molecule has 108 valence electrons. The van der Waals surface area contributed by atoms with E-state index in [1.807, 2.05) is 0 Å². The largest absolute Gasteiger partial charge is 0.417 e. The van der Waals surface area contributed by atoms with Gasteiger partial charge in [-0.15, -0.1) is 10.2 Å². The minimum atomic E-state index is -4.36. The molecule has 0 saturated heterocycles. The number of hydrogen-bond donors (Lipinski definition) is 1. The van der Waals surface area contributed by atoms with Crippen LogP contribution in [0, 0.1) is 0 Å². The molecule has 4 nitrogen and oxygen atoms in total. The second-order valence-electron chi connectivity index (χ2n) is 5.31. The van der Waals surface area contributed by atoms with E-state index in [1.54, 1.807) is 0 Å². The van der Waals surface area contributed by atoms with E-state index >= 15 is 0 Å². The van der Waals surface area contributed by atoms with Crippen LogP contribution in [-0.2, 0) is 6.18 Å². The van der Waals surface area contributed by atoms with Crippen LogP contribution in [0.3, 0.4) is 0 Å². The minimum absolute atomic E-state index is 0.133. The zero-order valence-electron chi connectivity index (χ0n) is 10.8. The van der Waals surface area contributed by atoms with Crippen molar-refractivity contribution in [2.24, 2.45) is 5.73 Å². The highest BCUT2D eigenvalue weighted by Crippen LogP contribution is 2.33. The van der Waals surface area contributed by atoms with Gasteiger partial charge in [-0.05, 0) is 37.8 Å². The lowest BCUT2D eigenvalue weighted by molar-refractivity contribution is -0.137. The molecule has 1 saturated carbocycles. The first-order chi connectivity index (χ1) is 9.45. The van der Waals surface area contributed by atoms with Crippen LogP contribution in [0.2, 0.25) is 0 Å². The van der Waals surface area contributed by atoms with Crippen LogP contribution < -0.4 is 5.73 Å². The maximum absolute atomic E-state index is 12.8. The Morgan fingerprint density at radius 2 is 1.80 bits per heavy atom. The van der Waals surface area contributed by atoms with E-state index in [1.165, 1.54) is 10.5 Å². The van der Waals surface area contributed by atoms with E-state index in [0.29, 0.717) is 11.5 Å². The molecule has 2 aromatic rings. The molecule has 0 spiro atoms. The zero-order valence-corrected chi connectivity index (χ0v) is 10.8. The van der Waals surface area contributed by atoms with Gasteiger partial charge in [-0.2, -0.15) is 13.2 Å². The number of hydrogen-bond acceptors (Lipinski definition) is 3. The summed E-state index contributed by atoms with van der Waals surface area (Å²) in [5.41, 5.74) is 5.62. The Morgan fingerprint density at radius 1 is 1.10 bits per heavy atom. The van der Waals surface area contributed by atoms with Crippen LogP contribution in [0.4, 0.5) is 13.2 Å². The normalized spacial score (nSPS) is 24.2. The molecular formula is C13H15F3N4. The van der Waals surface area contributed by atoms with Crippen molar-refractivity contribution < 1.29 is 13.2 Å². The predicted octanol–water partition coefficient (Wildman–Crippen LogP) is 2.73. The number of pyridine rings is 1. The third kappa shape index (κ3) is 2.37. The van der Waals surface area contributed by atoms with E-state index in [9.17, 15) is 13.2 Å². The molecule has 20 heavy (non-hydrogen) atoms. The Balaban J connectivity index is 1.99. The van der Waals surface area contributed by atoms with Gasteiger partial charge in [-0.1, -0.05) is 0 Å². The molecule has 0 aliphatic heterocycles. The van der Waals surface area contributed by atoms with Crippen LogP contribution in [0.15, 0.2) is 18.3 Å². The summed E-state index contributed by atoms with van der Waals surface area (Å²) < 4.78 is 39.8. The number of rotatable bonds is 1. The Hall–Kier alpha value is -1.63. The predicted molar refractivity (Wildman–Crippen MR) is 67.2 cm³/mol. The molecule has 3 rings (SSSR count). The van der Waals surface area contributed by atoms with E-state index in [0.717, 1.165) is 37.9 Å². The summed E-state index contributed by atoms with van der Waals surface area (Å²) in [4.78, 5) is 0. The summed E-state index contributed by atoms with van der Waals surface area (Å²) >= 11 is 0. The highest BCUT2D eigenvalue weighted by atomic mass is 19.4. The Kier molecular flexibility index (Phi) is 3.16. The van der Waals surface area contributed by atoms with Gasteiger partial charge in [0.25, 0.3) is 0 Å². The highest BCUT2D eigenvalue weighted by molar-refractivity contribution is 5.40. The zero-order chi connectivity index (χ0) is 14.3. The summed E-state index contributed by atoms with van der Waals surface area (Å²) in [6, 6.07) is 2.58. The van der Waals surface area contributed by atoms with Crippen molar-refractivity contribution in [1.82, 2.24) is 14.6 Å². The van der Waals surface area contributed by atoms with Gasteiger partial charge in [0.2, 0.25) is 0 Å². The number of nitrogens with two attached hydrogens (primary N) is 1. The highest BCUT2D eigenvalue weighted by Gasteiger charge is 2.32. The molecule has 2 N–H and O–H groups in total. The second kappa shape index (κ2) is 4.73. The molecule has 1 aliphatic rings. The van der Waals surface area contributed by atoms with Crippen molar-refractivity contribution in [3.63, 3.8) is 0 Å². The maximum atomic E-state index is 12.8. The summed E-state index contributed by atoms with van der Waals surface area (Å²) in [5.74, 6) is 0.742. The van der Waals surface area contributed by atoms with Crippen molar-refractivity contribution in [3.05, 3.63) is 29.7 Å². The van der Waals surface area contributed by atoms with Crippen molar-refractivity contribution in [3.8, 4) is 0 Å². The molecule has 0 amide bonds. The maximum Gasteiger partial charge on any atom is 0.417 e. The lowest BCUT2D eigenvalue weighted by atomic mass is 9.86. The molecule has 0 unspecified atom stereocenters. The number of aromatic nitrogens is 3. The average molecular weight is 284 g/mol. The average Bonchev–Trinajstić information content (AvgIpc) is 2.81. The lowest BCUT2D eigenvalue weighted by Crippen LogP contribution is -2.26. The first-order valence-corrected chi connectivity index (χ1v) is 6.62. The van der Waals surface area contributed by atoms with E-state index in [-0.39, 0.29) is 12.0 Å². The number of nitrogens with zero attached hydrogens (tertiary/aromatic N) is 3. The minimum Gasteiger partial charge on any atom is -0.328 e. The third-order valence-corrected chi connectivity index (χ3v) is 3.89. The van der Waals surface area contributed by atoms with Gasteiger partial charge >= 0.3 is 6.18 Å². The van der Waals surface area contributed by atoms with E-state index < -0.39 is 11.7 Å². The SMILES string of the molecule is NC1CCC(c2nnc3ccc(C(F)(F)F)cn23)CC1. The standard InChI is InChI=1S/C13H15F3N4/c14-13(15,16)9-3-6-11-18-19-12(20(11)7-9)8-1-4-10(17)5-2-8/h3,6-8,10H,1-2,4-5,17H2. The van der Waals surface area contributed by atoms with Gasteiger partial charge in [-0.25, -0.2) is 0 Å². The molecule has 1 fully saturated rings. The van der Waals surface area contributed by atoms with Gasteiger partial charge in [0.05, 0.1) is 5.56 Å². The molecule has 2 aromatic heterocycles. The van der Waals surface area contributed by atoms with Crippen molar-refractivity contribution in [2.45, 2.75) is 43.8 Å². The lowest BCUT2D eigenvalue weighted by Gasteiger charge is -2.24. The molecule has 0 aromatic carbocycles. The molecule has 2 heterocycles. The van der Waals surface area contributed by atoms with Gasteiger partial charge in [-0.3, -0.25) is 4.40 Å². The molecule has 0 bridgehead atoms. The Bertz CT molecular complexity index is 612. The van der Waals surface area contributed by atoms with Crippen LogP contribution in [0.25, 0.3) is 5.65 Å². The van der Waals surface area contributed by atoms with Crippen LogP contribution in [0.5, 0.6) is 0 Å². The van der Waals surface area contributed by atoms with Gasteiger partial charge in [0.15, 0.2) is 5.65 Å². The number of fused-ring (bicyclic) bond motifs is 1. The summed E-state index contributed by atoms with van der Waals surface area (Å²) in [6.45, 7) is 0. The molecule has 1 aliphatic carbocycles. The molecule has 7 heteroatoms. The molecule has 0 radical (unpaired) electrons. The Labute approximate surface area is 113 Å². The number of alkyl halides is 3. The third-order valence-electron chi connectivity index (χ3n) is 3.89. The first-order valence-electron chi connectivity index (χ1n) is 6.62. The topological polar surface area (TPSA) is 56.2 Å². The monoisotopic (exact) mass is 284 g/mol. The molecule has 0 atom stereocenters. The summed E-state index contributed by atoms with van der Waals surface area (Å²) in [7, 11) is 0. The van der Waals surface area contributed by atoms with Crippen molar-refractivity contribution in [1.29, 1.82) is 0 Å². The van der Waals surface area contributed by atoms with Crippen molar-refractivity contribution in [2.75, 3.05) is 0 Å². The van der Waals surface area contributed by atoms with Gasteiger partial charge in [0, 0.05) is 18.2 Å². The van der Waals surface area contributed by atoms with Crippen LogP contribution >= 0.6 is 0 Å². The van der Waals surface area contributed by atoms with Crippen LogP contribution in [-0.4, -0.2) is 20.6 Å². The van der Waals surface area contributed by atoms with Gasteiger partial charge < -0.3 is 5.73 Å². The quantitative estimate of drug-likeness (QED) is 0.876. The molecular weight excluding hydrogens is 269 g/mol. The second-order valence-corrected chi connectivity index (χ2v) is 5.31. The Morgan fingerprint density at radius 3 is 2.45 bits per heavy atom. The van der Waals surface area contributed by atoms with E-state index in [2.05, 4.69) is 10.2 Å². The van der Waals surface area contributed by atoms with Crippen molar-refractivity contribution >= 4 is 5.65 Å². The first kappa shape index (κ1) is 13.4. The number of halogens is 3. The fraction of sp³-hybridized carbons (Fsp3) is 0.538. The smallest absolute Gasteiger partial charge is 0.328 e. The summed E-state index contributed by atoms with van der Waals surface area (Å²) in [5, 5.41) is 8.02.